The van der Waals surface area contributed by atoms with E-state index in [1.54, 1.807) is 48.8 Å². The SMILES string of the molecule is COc1ccc(C(O)=C2C(=O)C(=O)N(Cc3ccncc3)[C@H]2c2ccc(Br)cc2)cc1F. The van der Waals surface area contributed by atoms with Crippen molar-refractivity contribution in [2.75, 3.05) is 7.11 Å². The van der Waals surface area contributed by atoms with E-state index in [1.807, 2.05) is 0 Å². The van der Waals surface area contributed by atoms with E-state index < -0.39 is 29.3 Å². The predicted octanol–water partition coefficient (Wildman–Crippen LogP) is 4.61. The number of aliphatic hydroxyl groups is 1. The van der Waals surface area contributed by atoms with E-state index in [-0.39, 0.29) is 23.4 Å². The van der Waals surface area contributed by atoms with Gasteiger partial charge in [0.15, 0.2) is 11.6 Å². The molecule has 162 valence electrons. The molecule has 0 aliphatic carbocycles. The molecule has 0 bridgehead atoms. The highest BCUT2D eigenvalue weighted by Crippen LogP contribution is 2.40. The van der Waals surface area contributed by atoms with Crippen LogP contribution < -0.4 is 4.74 Å². The molecular weight excluding hydrogens is 479 g/mol. The minimum absolute atomic E-state index is 0.00384. The van der Waals surface area contributed by atoms with Crippen molar-refractivity contribution in [1.82, 2.24) is 9.88 Å². The third-order valence-corrected chi connectivity index (χ3v) is 5.78. The number of ether oxygens (including phenoxy) is 1. The summed E-state index contributed by atoms with van der Waals surface area (Å²) in [6.45, 7) is 0.140. The number of pyridine rings is 1. The predicted molar refractivity (Wildman–Crippen MR) is 119 cm³/mol. The van der Waals surface area contributed by atoms with Gasteiger partial charge in [-0.1, -0.05) is 28.1 Å². The number of hydrogen-bond donors (Lipinski definition) is 1. The van der Waals surface area contributed by atoms with E-state index in [9.17, 15) is 19.1 Å². The number of carbonyl (C=O) groups is 2. The van der Waals surface area contributed by atoms with Crippen molar-refractivity contribution in [2.45, 2.75) is 12.6 Å². The Bertz CT molecular complexity index is 1210. The Hall–Kier alpha value is -3.52. The number of aromatic nitrogens is 1. The molecule has 8 heteroatoms. The molecule has 1 N–H and O–H groups in total. The summed E-state index contributed by atoms with van der Waals surface area (Å²) in [5.41, 5.74) is 1.39. The molecule has 0 radical (unpaired) electrons. The summed E-state index contributed by atoms with van der Waals surface area (Å²) in [5.74, 6) is -2.71. The summed E-state index contributed by atoms with van der Waals surface area (Å²) < 4.78 is 20.0. The fourth-order valence-electron chi connectivity index (χ4n) is 3.69. The van der Waals surface area contributed by atoms with E-state index in [0.717, 1.165) is 16.1 Å². The van der Waals surface area contributed by atoms with Crippen molar-refractivity contribution < 1.29 is 23.8 Å². The minimum Gasteiger partial charge on any atom is -0.507 e. The zero-order valence-electron chi connectivity index (χ0n) is 17.0. The molecule has 1 saturated heterocycles. The molecule has 1 fully saturated rings. The first-order valence-electron chi connectivity index (χ1n) is 9.67. The van der Waals surface area contributed by atoms with Crippen LogP contribution in [0.25, 0.3) is 5.76 Å². The lowest BCUT2D eigenvalue weighted by Crippen LogP contribution is -2.29. The lowest BCUT2D eigenvalue weighted by Gasteiger charge is -2.25. The van der Waals surface area contributed by atoms with Crippen LogP contribution in [0.3, 0.4) is 0 Å². The van der Waals surface area contributed by atoms with Gasteiger partial charge in [0.05, 0.1) is 18.7 Å². The standard InChI is InChI=1S/C24H18BrFN2O4/c1-32-19-7-4-16(12-18(19)26)22(29)20-21(15-2-5-17(25)6-3-15)28(24(31)23(20)30)13-14-8-10-27-11-9-14/h2-12,21,29H,13H2,1H3/t21-/m0/s1. The van der Waals surface area contributed by atoms with Crippen LogP contribution in [-0.2, 0) is 16.1 Å². The first-order valence-corrected chi connectivity index (χ1v) is 10.5. The second kappa shape index (κ2) is 8.92. The molecule has 1 atom stereocenters. The fourth-order valence-corrected chi connectivity index (χ4v) is 3.95. The second-order valence-corrected chi connectivity index (χ2v) is 8.10. The summed E-state index contributed by atoms with van der Waals surface area (Å²) in [5, 5.41) is 11.0. The average molecular weight is 497 g/mol. The van der Waals surface area contributed by atoms with Crippen LogP contribution in [0.4, 0.5) is 4.39 Å². The van der Waals surface area contributed by atoms with Gasteiger partial charge in [-0.25, -0.2) is 4.39 Å². The van der Waals surface area contributed by atoms with Crippen LogP contribution in [-0.4, -0.2) is 33.8 Å². The largest absolute Gasteiger partial charge is 0.507 e. The fraction of sp³-hybridized carbons (Fsp3) is 0.125. The highest BCUT2D eigenvalue weighted by atomic mass is 79.9. The maximum Gasteiger partial charge on any atom is 0.295 e. The number of nitrogens with zero attached hydrogens (tertiary/aromatic N) is 2. The maximum absolute atomic E-state index is 14.3. The van der Waals surface area contributed by atoms with Crippen molar-refractivity contribution in [1.29, 1.82) is 0 Å². The van der Waals surface area contributed by atoms with Crippen LogP contribution >= 0.6 is 15.9 Å². The van der Waals surface area contributed by atoms with Gasteiger partial charge >= 0.3 is 0 Å². The number of carbonyl (C=O) groups excluding carboxylic acids is 2. The average Bonchev–Trinajstić information content (AvgIpc) is 3.04. The van der Waals surface area contributed by atoms with Gasteiger partial charge in [0.25, 0.3) is 11.7 Å². The van der Waals surface area contributed by atoms with Gasteiger partial charge in [-0.2, -0.15) is 0 Å². The number of halogens is 2. The molecule has 0 unspecified atom stereocenters. The van der Waals surface area contributed by atoms with Gasteiger partial charge in [-0.3, -0.25) is 14.6 Å². The topological polar surface area (TPSA) is 79.7 Å². The Labute approximate surface area is 192 Å². The van der Waals surface area contributed by atoms with Crippen molar-refractivity contribution in [3.63, 3.8) is 0 Å². The molecule has 1 aromatic heterocycles. The van der Waals surface area contributed by atoms with Crippen LogP contribution in [0, 0.1) is 5.82 Å². The van der Waals surface area contributed by atoms with Crippen LogP contribution in [0.2, 0.25) is 0 Å². The van der Waals surface area contributed by atoms with Crippen LogP contribution in [0.15, 0.2) is 77.0 Å². The number of rotatable bonds is 5. The number of hydrogen-bond acceptors (Lipinski definition) is 5. The molecule has 2 aromatic carbocycles. The molecule has 0 saturated carbocycles. The summed E-state index contributed by atoms with van der Waals surface area (Å²) in [6, 6.07) is 13.6. The Kier molecular flexibility index (Phi) is 6.05. The molecule has 1 aliphatic rings. The van der Waals surface area contributed by atoms with Gasteiger partial charge in [-0.15, -0.1) is 0 Å². The molecule has 0 spiro atoms. The number of Topliss-reactive ketones (excluding diaryl/α,β-unsaturated/α-hetero) is 1. The summed E-state index contributed by atoms with van der Waals surface area (Å²) in [7, 11) is 1.33. The van der Waals surface area contributed by atoms with E-state index in [0.29, 0.717) is 5.56 Å². The number of likely N-dealkylation sites (tertiary alicyclic amines) is 1. The maximum atomic E-state index is 14.3. The minimum atomic E-state index is -0.846. The molecule has 1 amide bonds. The van der Waals surface area contributed by atoms with Crippen LogP contribution in [0.1, 0.15) is 22.7 Å². The Morgan fingerprint density at radius 1 is 1.12 bits per heavy atom. The van der Waals surface area contributed by atoms with Gasteiger partial charge in [0, 0.05) is 29.0 Å². The van der Waals surface area contributed by atoms with E-state index in [4.69, 9.17) is 4.74 Å². The van der Waals surface area contributed by atoms with Crippen molar-refractivity contribution in [3.8, 4) is 5.75 Å². The first kappa shape index (κ1) is 21.7. The molecule has 6 nitrogen and oxygen atoms in total. The Morgan fingerprint density at radius 3 is 2.44 bits per heavy atom. The Morgan fingerprint density at radius 2 is 1.81 bits per heavy atom. The van der Waals surface area contributed by atoms with Crippen molar-refractivity contribution in [2.24, 2.45) is 0 Å². The normalized spacial score (nSPS) is 17.6. The van der Waals surface area contributed by atoms with Crippen LogP contribution in [0.5, 0.6) is 5.75 Å². The lowest BCUT2D eigenvalue weighted by molar-refractivity contribution is -0.140. The molecule has 1 aliphatic heterocycles. The van der Waals surface area contributed by atoms with Crippen molar-refractivity contribution >= 4 is 33.4 Å². The number of aliphatic hydroxyl groups excluding tert-OH is 1. The van der Waals surface area contributed by atoms with E-state index >= 15 is 0 Å². The molecular formula is C24H18BrFN2O4. The number of benzene rings is 2. The van der Waals surface area contributed by atoms with E-state index in [1.165, 1.54) is 24.1 Å². The quantitative estimate of drug-likeness (QED) is 0.317. The number of methoxy groups -OCH3 is 1. The summed E-state index contributed by atoms with van der Waals surface area (Å²) in [6.07, 6.45) is 3.20. The smallest absolute Gasteiger partial charge is 0.295 e. The molecule has 3 aromatic rings. The van der Waals surface area contributed by atoms with Crippen molar-refractivity contribution in [3.05, 3.63) is 99.5 Å². The summed E-state index contributed by atoms with van der Waals surface area (Å²) >= 11 is 3.38. The highest BCUT2D eigenvalue weighted by Gasteiger charge is 2.46. The monoisotopic (exact) mass is 496 g/mol. The number of ketones is 1. The van der Waals surface area contributed by atoms with Gasteiger partial charge in [-0.05, 0) is 53.6 Å². The molecule has 2 heterocycles. The third kappa shape index (κ3) is 4.01. The van der Waals surface area contributed by atoms with E-state index in [2.05, 4.69) is 20.9 Å². The second-order valence-electron chi connectivity index (χ2n) is 7.18. The van der Waals surface area contributed by atoms with Gasteiger partial charge in [0.2, 0.25) is 0 Å². The van der Waals surface area contributed by atoms with Gasteiger partial charge in [0.1, 0.15) is 5.76 Å². The lowest BCUT2D eigenvalue weighted by atomic mass is 9.95. The first-order chi connectivity index (χ1) is 15.4. The Balaban J connectivity index is 1.86. The zero-order chi connectivity index (χ0) is 22.8. The number of amides is 1. The summed E-state index contributed by atoms with van der Waals surface area (Å²) in [4.78, 5) is 31.4. The highest BCUT2D eigenvalue weighted by molar-refractivity contribution is 9.10. The molecule has 32 heavy (non-hydrogen) atoms. The molecule has 4 rings (SSSR count). The van der Waals surface area contributed by atoms with Gasteiger partial charge < -0.3 is 14.7 Å². The zero-order valence-corrected chi connectivity index (χ0v) is 18.5. The third-order valence-electron chi connectivity index (χ3n) is 5.25.